The third-order valence-corrected chi connectivity index (χ3v) is 9.22. The van der Waals surface area contributed by atoms with E-state index in [1.807, 2.05) is 0 Å². The third kappa shape index (κ3) is 11.3. The number of esters is 1. The van der Waals surface area contributed by atoms with Crippen molar-refractivity contribution >= 4 is 19.5 Å². The van der Waals surface area contributed by atoms with Crippen LogP contribution in [-0.2, 0) is 23.4 Å². The standard InChI is InChI=1S/C30H46N7O9P/c1-3-4-5-6-7-8-9-10-11-15-20-43-28(40)22(2)34-47(42,46-23-16-13-12-14-17-23)44-21-30(35-36-32)26(39)25(38)27(45-30)37-19-18-24(31)33-29(37)41/h12-14,16-19,22,25-27,38-39H,3-11,15,20-21H2,1-2H3,(H,34,42)(H2,31,33,41)/t22-,25-,26+,27-,30-,47?/m1/s1. The first kappa shape index (κ1) is 38.0. The van der Waals surface area contributed by atoms with E-state index in [1.54, 1.807) is 18.2 Å². The highest BCUT2D eigenvalue weighted by atomic mass is 31.2. The fourth-order valence-corrected chi connectivity index (χ4v) is 6.50. The van der Waals surface area contributed by atoms with Gasteiger partial charge in [-0.2, -0.15) is 10.1 Å². The van der Waals surface area contributed by atoms with Crippen molar-refractivity contribution < 1.29 is 38.1 Å². The van der Waals surface area contributed by atoms with Crippen molar-refractivity contribution in [3.63, 3.8) is 0 Å². The Hall–Kier alpha value is -3.49. The number of benzene rings is 1. The van der Waals surface area contributed by atoms with Crippen molar-refractivity contribution in [1.29, 1.82) is 0 Å². The van der Waals surface area contributed by atoms with Gasteiger partial charge >= 0.3 is 19.4 Å². The maximum absolute atomic E-state index is 14.0. The molecule has 260 valence electrons. The number of hydrogen-bond donors (Lipinski definition) is 4. The molecular formula is C30H46N7O9P. The van der Waals surface area contributed by atoms with Crippen LogP contribution in [0.4, 0.5) is 5.82 Å². The highest BCUT2D eigenvalue weighted by molar-refractivity contribution is 7.52. The van der Waals surface area contributed by atoms with Crippen LogP contribution in [0.5, 0.6) is 5.75 Å². The molecule has 3 rings (SSSR count). The maximum atomic E-state index is 14.0. The molecule has 5 N–H and O–H groups in total. The number of unbranched alkanes of at least 4 members (excludes halogenated alkanes) is 9. The van der Waals surface area contributed by atoms with E-state index >= 15 is 0 Å². The predicted molar refractivity (Wildman–Crippen MR) is 173 cm³/mol. The number of carbonyl (C=O) groups excluding carboxylic acids is 1. The van der Waals surface area contributed by atoms with E-state index < -0.39 is 56.2 Å². The SMILES string of the molecule is CCCCCCCCCCCCOC(=O)[C@@H](C)NP(=O)(OC[C@@]1(N=[N+]=[N-])O[C@@H](n2ccc(N)nc2=O)[C@H](O)[C@@H]1O)Oc1ccccc1. The van der Waals surface area contributed by atoms with E-state index in [0.717, 1.165) is 23.8 Å². The van der Waals surface area contributed by atoms with Gasteiger partial charge in [0.2, 0.25) is 5.72 Å². The monoisotopic (exact) mass is 679 g/mol. The first-order chi connectivity index (χ1) is 22.5. The molecule has 1 aliphatic rings. The van der Waals surface area contributed by atoms with E-state index in [0.29, 0.717) is 6.42 Å². The normalized spacial score (nSPS) is 22.6. The van der Waals surface area contributed by atoms with Crippen LogP contribution in [0.2, 0.25) is 0 Å². The van der Waals surface area contributed by atoms with Gasteiger partial charge < -0.3 is 29.9 Å². The number of nitrogen functional groups attached to an aromatic ring is 1. The molecule has 1 saturated heterocycles. The third-order valence-electron chi connectivity index (χ3n) is 7.60. The number of aromatic nitrogens is 2. The molecule has 16 nitrogen and oxygen atoms in total. The van der Waals surface area contributed by atoms with E-state index in [-0.39, 0.29) is 18.2 Å². The van der Waals surface area contributed by atoms with Crippen molar-refractivity contribution in [3.05, 3.63) is 63.5 Å². The summed E-state index contributed by atoms with van der Waals surface area (Å²) >= 11 is 0. The topological polar surface area (TPSA) is 233 Å². The first-order valence-electron chi connectivity index (χ1n) is 15.9. The van der Waals surface area contributed by atoms with Crippen molar-refractivity contribution in [2.45, 2.75) is 108 Å². The van der Waals surface area contributed by atoms with Gasteiger partial charge in [0.05, 0.1) is 13.2 Å². The Kier molecular flexibility index (Phi) is 15.1. The zero-order valence-corrected chi connectivity index (χ0v) is 27.7. The summed E-state index contributed by atoms with van der Waals surface area (Å²) in [6.07, 6.45) is 7.10. The summed E-state index contributed by atoms with van der Waals surface area (Å²) in [4.78, 5) is 31.4. The average Bonchev–Trinajstić information content (AvgIpc) is 3.28. The number of aliphatic hydroxyl groups is 2. The predicted octanol–water partition coefficient (Wildman–Crippen LogP) is 4.73. The Morgan fingerprint density at radius 3 is 2.40 bits per heavy atom. The van der Waals surface area contributed by atoms with E-state index in [1.165, 1.54) is 69.8 Å². The fraction of sp³-hybridized carbons (Fsp3) is 0.633. The van der Waals surface area contributed by atoms with Gasteiger partial charge in [0.15, 0.2) is 6.23 Å². The Balaban J connectivity index is 1.63. The summed E-state index contributed by atoms with van der Waals surface area (Å²) in [6.45, 7) is 2.87. The lowest BCUT2D eigenvalue weighted by Gasteiger charge is -2.29. The van der Waals surface area contributed by atoms with Gasteiger partial charge in [0.25, 0.3) is 0 Å². The Bertz CT molecular complexity index is 1430. The molecule has 0 aliphatic carbocycles. The number of para-hydroxylation sites is 1. The van der Waals surface area contributed by atoms with Crippen LogP contribution in [0.15, 0.2) is 52.5 Å². The lowest BCUT2D eigenvalue weighted by atomic mass is 10.1. The van der Waals surface area contributed by atoms with Gasteiger partial charge in [-0.25, -0.2) is 9.36 Å². The molecule has 2 aromatic rings. The Morgan fingerprint density at radius 2 is 1.79 bits per heavy atom. The van der Waals surface area contributed by atoms with Crippen LogP contribution in [0.1, 0.15) is 84.3 Å². The zero-order valence-electron chi connectivity index (χ0n) is 26.8. The van der Waals surface area contributed by atoms with Gasteiger partial charge in [-0.1, -0.05) is 88.0 Å². The lowest BCUT2D eigenvalue weighted by Crippen LogP contribution is -2.45. The number of carbonyl (C=O) groups is 1. The van der Waals surface area contributed by atoms with Crippen molar-refractivity contribution in [2.24, 2.45) is 5.11 Å². The molecule has 1 unspecified atom stereocenters. The molecule has 6 atom stereocenters. The number of nitrogens with one attached hydrogen (secondary N) is 1. The summed E-state index contributed by atoms with van der Waals surface area (Å²) < 4.78 is 37.1. The second-order valence-corrected chi connectivity index (χ2v) is 13.1. The van der Waals surface area contributed by atoms with Crippen LogP contribution in [0.25, 0.3) is 10.4 Å². The van der Waals surface area contributed by atoms with Crippen LogP contribution in [0.3, 0.4) is 0 Å². The van der Waals surface area contributed by atoms with Crippen molar-refractivity contribution in [2.75, 3.05) is 18.9 Å². The second-order valence-electron chi connectivity index (χ2n) is 11.4. The quantitative estimate of drug-likeness (QED) is 0.0350. The molecule has 17 heteroatoms. The maximum Gasteiger partial charge on any atom is 0.459 e. The minimum atomic E-state index is -4.50. The summed E-state index contributed by atoms with van der Waals surface area (Å²) in [5, 5.41) is 27.7. The molecule has 0 spiro atoms. The first-order valence-corrected chi connectivity index (χ1v) is 17.5. The molecule has 0 saturated carbocycles. The molecular weight excluding hydrogens is 633 g/mol. The van der Waals surface area contributed by atoms with Gasteiger partial charge in [0, 0.05) is 11.1 Å². The summed E-state index contributed by atoms with van der Waals surface area (Å²) in [5.41, 5.74) is 11.5. The average molecular weight is 680 g/mol. The molecule has 1 aromatic heterocycles. The second kappa shape index (κ2) is 18.7. The van der Waals surface area contributed by atoms with Crippen molar-refractivity contribution in [3.8, 4) is 5.75 Å². The summed E-state index contributed by atoms with van der Waals surface area (Å²) in [5.74, 6) is -0.684. The lowest BCUT2D eigenvalue weighted by molar-refractivity contribution is -0.145. The number of nitrogens with two attached hydrogens (primary N) is 1. The highest BCUT2D eigenvalue weighted by Gasteiger charge is 2.56. The minimum Gasteiger partial charge on any atom is -0.465 e. The van der Waals surface area contributed by atoms with Gasteiger partial charge in [-0.3, -0.25) is 13.9 Å². The number of azide groups is 1. The molecule has 1 aliphatic heterocycles. The smallest absolute Gasteiger partial charge is 0.459 e. The molecule has 47 heavy (non-hydrogen) atoms. The number of nitrogens with zero attached hydrogens (tertiary/aromatic N) is 5. The van der Waals surface area contributed by atoms with E-state index in [2.05, 4.69) is 27.0 Å². The van der Waals surface area contributed by atoms with Gasteiger partial charge in [-0.15, -0.1) is 0 Å². The molecule has 0 radical (unpaired) electrons. The molecule has 2 heterocycles. The number of rotatable bonds is 21. The van der Waals surface area contributed by atoms with Gasteiger partial charge in [0.1, 0.15) is 29.8 Å². The van der Waals surface area contributed by atoms with E-state index in [4.69, 9.17) is 24.3 Å². The molecule has 0 amide bonds. The number of ether oxygens (including phenoxy) is 2. The summed E-state index contributed by atoms with van der Waals surface area (Å²) in [7, 11) is -4.50. The van der Waals surface area contributed by atoms with Crippen LogP contribution < -0.4 is 21.0 Å². The molecule has 0 bridgehead atoms. The highest BCUT2D eigenvalue weighted by Crippen LogP contribution is 2.48. The zero-order chi connectivity index (χ0) is 34.3. The van der Waals surface area contributed by atoms with Crippen LogP contribution in [0, 0.1) is 0 Å². The number of hydrogen-bond acceptors (Lipinski definition) is 12. The number of anilines is 1. The molecule has 1 fully saturated rings. The van der Waals surface area contributed by atoms with Crippen LogP contribution >= 0.6 is 7.75 Å². The largest absolute Gasteiger partial charge is 0.465 e. The van der Waals surface area contributed by atoms with E-state index in [9.17, 15) is 29.9 Å². The van der Waals surface area contributed by atoms with Crippen LogP contribution in [-0.4, -0.2) is 62.9 Å². The molecule has 1 aromatic carbocycles. The number of aliphatic hydroxyl groups excluding tert-OH is 2. The Labute approximate surface area is 273 Å². The van der Waals surface area contributed by atoms with Gasteiger partial charge in [-0.05, 0) is 37.1 Å². The van der Waals surface area contributed by atoms with Crippen molar-refractivity contribution in [1.82, 2.24) is 14.6 Å². The Morgan fingerprint density at radius 1 is 1.15 bits per heavy atom. The minimum absolute atomic E-state index is 0.0925. The fourth-order valence-electron chi connectivity index (χ4n) is 4.98. The summed E-state index contributed by atoms with van der Waals surface area (Å²) in [6, 6.07) is 8.02.